The van der Waals surface area contributed by atoms with Gasteiger partial charge in [-0.25, -0.2) is 8.78 Å². The number of amides is 3. The molecule has 1 saturated heterocycles. The van der Waals surface area contributed by atoms with E-state index in [0.29, 0.717) is 56.8 Å². The lowest BCUT2D eigenvalue weighted by atomic mass is 9.62. The van der Waals surface area contributed by atoms with E-state index in [4.69, 9.17) is 4.74 Å². The van der Waals surface area contributed by atoms with Crippen molar-refractivity contribution in [2.75, 3.05) is 25.5 Å². The summed E-state index contributed by atoms with van der Waals surface area (Å²) in [5.74, 6) is -5.65. The highest BCUT2D eigenvalue weighted by atomic mass is 19.4. The van der Waals surface area contributed by atoms with Gasteiger partial charge in [-0.05, 0) is 80.7 Å². The molecule has 4 atom stereocenters. The Bertz CT molecular complexity index is 1710. The number of nitrogens with zero attached hydrogens (tertiary/aromatic N) is 1. The Labute approximate surface area is 280 Å². The maximum Gasteiger partial charge on any atom is 0.419 e. The third-order valence-electron chi connectivity index (χ3n) is 11.3. The van der Waals surface area contributed by atoms with E-state index < -0.39 is 53.1 Å². The molecule has 4 saturated carbocycles. The molecule has 1 spiro atoms. The van der Waals surface area contributed by atoms with Crippen molar-refractivity contribution in [2.45, 2.75) is 69.7 Å². The van der Waals surface area contributed by atoms with Gasteiger partial charge in [0.15, 0.2) is 11.6 Å². The van der Waals surface area contributed by atoms with Crippen molar-refractivity contribution in [3.63, 3.8) is 0 Å². The fourth-order valence-corrected chi connectivity index (χ4v) is 9.08. The van der Waals surface area contributed by atoms with Crippen LogP contribution in [0.25, 0.3) is 0 Å². The molecule has 5 aliphatic rings. The molecule has 13 heteroatoms. The van der Waals surface area contributed by atoms with Gasteiger partial charge in [0.25, 0.3) is 11.8 Å². The first-order valence-corrected chi connectivity index (χ1v) is 16.8. The molecule has 0 unspecified atom stereocenters. The summed E-state index contributed by atoms with van der Waals surface area (Å²) < 4.78 is 74.9. The van der Waals surface area contributed by atoms with Crippen LogP contribution in [-0.4, -0.2) is 60.1 Å². The van der Waals surface area contributed by atoms with E-state index in [1.54, 1.807) is 4.90 Å². The minimum absolute atomic E-state index is 0.0426. The first-order chi connectivity index (χ1) is 23.3. The number of carbonyl (C=O) groups is 3. The van der Waals surface area contributed by atoms with Gasteiger partial charge in [0, 0.05) is 41.7 Å². The molecule has 1 heterocycles. The van der Waals surface area contributed by atoms with E-state index in [1.807, 2.05) is 0 Å². The number of benzene rings is 2. The third kappa shape index (κ3) is 6.08. The highest BCUT2D eigenvalue weighted by Crippen LogP contribution is 2.54. The smallest absolute Gasteiger partial charge is 0.419 e. The number of methoxy groups -OCH3 is 1. The molecule has 2 aromatic carbocycles. The third-order valence-corrected chi connectivity index (χ3v) is 11.3. The van der Waals surface area contributed by atoms with Gasteiger partial charge in [0.05, 0.1) is 30.3 Å². The number of ether oxygens (including phenoxy) is 1. The predicted octanol–water partition coefficient (Wildman–Crippen LogP) is 6.10. The largest absolute Gasteiger partial charge is 0.493 e. The van der Waals surface area contributed by atoms with Crippen molar-refractivity contribution >= 4 is 23.4 Å². The van der Waals surface area contributed by atoms with Gasteiger partial charge in [-0.3, -0.25) is 14.4 Å². The summed E-state index contributed by atoms with van der Waals surface area (Å²) in [6, 6.07) is 3.76. The van der Waals surface area contributed by atoms with Crippen LogP contribution < -0.4 is 15.4 Å². The Hall–Kier alpha value is -4.00. The zero-order valence-electron chi connectivity index (χ0n) is 26.9. The second kappa shape index (κ2) is 12.4. The maximum atomic E-state index is 15.4. The number of hydrogen-bond donors (Lipinski definition) is 3. The first-order valence-electron chi connectivity index (χ1n) is 16.8. The Balaban J connectivity index is 1.16. The molecule has 4 aliphatic carbocycles. The normalized spacial score (nSPS) is 26.9. The highest BCUT2D eigenvalue weighted by Gasteiger charge is 2.55. The number of carbonyl (C=O) groups excluding carboxylic acids is 3. The number of rotatable bonds is 7. The van der Waals surface area contributed by atoms with Crippen molar-refractivity contribution in [1.82, 2.24) is 10.2 Å². The van der Waals surface area contributed by atoms with Crippen molar-refractivity contribution < 1.29 is 46.2 Å². The lowest BCUT2D eigenvalue weighted by Gasteiger charge is -2.57. The molecular formula is C36H38F5N3O5. The highest BCUT2D eigenvalue weighted by molar-refractivity contribution is 6.03. The lowest BCUT2D eigenvalue weighted by molar-refractivity contribution is -0.140. The molecule has 3 N–H and O–H groups in total. The molecule has 2 aromatic rings. The van der Waals surface area contributed by atoms with Gasteiger partial charge >= 0.3 is 6.18 Å². The molecule has 0 radical (unpaired) electrons. The Morgan fingerprint density at radius 1 is 0.980 bits per heavy atom. The van der Waals surface area contributed by atoms with Gasteiger partial charge in [0.1, 0.15) is 5.82 Å². The van der Waals surface area contributed by atoms with Crippen LogP contribution in [-0.2, 0) is 11.0 Å². The average Bonchev–Trinajstić information content (AvgIpc) is 3.74. The lowest BCUT2D eigenvalue weighted by Crippen LogP contribution is -2.65. The van der Waals surface area contributed by atoms with Gasteiger partial charge in [-0.15, -0.1) is 0 Å². The van der Waals surface area contributed by atoms with E-state index in [0.717, 1.165) is 43.4 Å². The van der Waals surface area contributed by atoms with Crippen LogP contribution in [0, 0.1) is 40.7 Å². The Morgan fingerprint density at radius 3 is 2.33 bits per heavy atom. The van der Waals surface area contributed by atoms with Crippen LogP contribution in [0.4, 0.5) is 27.6 Å². The van der Waals surface area contributed by atoms with Gasteiger partial charge in [-0.1, -0.05) is 24.5 Å². The summed E-state index contributed by atoms with van der Waals surface area (Å²) in [4.78, 5) is 42.7. The summed E-state index contributed by atoms with van der Waals surface area (Å²) in [7, 11) is 1.20. The number of halogens is 5. The van der Waals surface area contributed by atoms with Crippen molar-refractivity contribution in [1.29, 1.82) is 0 Å². The molecule has 0 aromatic heterocycles. The molecule has 49 heavy (non-hydrogen) atoms. The minimum atomic E-state index is -4.97. The first kappa shape index (κ1) is 33.5. The van der Waals surface area contributed by atoms with Crippen molar-refractivity contribution in [3.8, 4) is 5.75 Å². The van der Waals surface area contributed by atoms with Crippen LogP contribution in [0.1, 0.15) is 77.6 Å². The van der Waals surface area contributed by atoms with Gasteiger partial charge < -0.3 is 25.4 Å². The zero-order valence-corrected chi connectivity index (χ0v) is 26.9. The second-order valence-electron chi connectivity index (χ2n) is 14.5. The van der Waals surface area contributed by atoms with Crippen molar-refractivity contribution in [3.05, 3.63) is 70.3 Å². The van der Waals surface area contributed by atoms with Crippen LogP contribution in [0.15, 0.2) is 42.0 Å². The Morgan fingerprint density at radius 2 is 1.67 bits per heavy atom. The standard InChI is InChI=1S/C36H38F5N3O5/c1-49-31-25(11-19(12-28(31)38)34(48)44-16-35(17-44)14-21(45)15-35)32(46)43-30-23-8-7-22(24(23)10-18-4-2-3-5-18)29(30)33(47)42-20-6-9-27(37)26(13-20)36(39,40)41/h6,9-13,18,21-23,29-30,45H,2-5,7-8,14-17H2,1H3,(H,42,47)(H,43,46)/b24-10-/t22-,23+,29-,30+/m0/s1. The number of aliphatic hydroxyl groups excluding tert-OH is 1. The number of aliphatic hydroxyl groups is 1. The average molecular weight is 688 g/mol. The van der Waals surface area contributed by atoms with Crippen LogP contribution in [0.5, 0.6) is 5.75 Å². The molecule has 7 rings (SSSR count). The Kier molecular flexibility index (Phi) is 8.48. The maximum absolute atomic E-state index is 15.4. The molecule has 8 nitrogen and oxygen atoms in total. The minimum Gasteiger partial charge on any atom is -0.493 e. The number of allylic oxidation sites excluding steroid dienone is 1. The van der Waals surface area contributed by atoms with Crippen LogP contribution in [0.2, 0.25) is 0 Å². The molecule has 1 aliphatic heterocycles. The van der Waals surface area contributed by atoms with Gasteiger partial charge in [-0.2, -0.15) is 13.2 Å². The monoisotopic (exact) mass is 687 g/mol. The van der Waals surface area contributed by atoms with Gasteiger partial charge in [0.2, 0.25) is 5.91 Å². The fourth-order valence-electron chi connectivity index (χ4n) is 9.08. The summed E-state index contributed by atoms with van der Waals surface area (Å²) in [5.41, 5.74) is -1.10. The van der Waals surface area contributed by atoms with E-state index in [1.165, 1.54) is 13.2 Å². The number of anilines is 1. The van der Waals surface area contributed by atoms with E-state index in [2.05, 4.69) is 16.7 Å². The SMILES string of the molecule is COc1c(F)cc(C(=O)N2CC3(CC(O)C3)C2)cc1C(=O)N[C@H]1[C@@H](C(=O)Nc2ccc(F)c(C(F)(F)F)c2)[C@H]2CC[C@@H]1/C2=C\C1CCCC1. The van der Waals surface area contributed by atoms with Crippen molar-refractivity contribution in [2.24, 2.45) is 29.1 Å². The summed E-state index contributed by atoms with van der Waals surface area (Å²) >= 11 is 0. The molecule has 262 valence electrons. The molecule has 3 amide bonds. The summed E-state index contributed by atoms with van der Waals surface area (Å²) in [5, 5.41) is 15.2. The summed E-state index contributed by atoms with van der Waals surface area (Å²) in [6.07, 6.45) is 3.52. The number of fused-ring (bicyclic) bond motifs is 2. The number of likely N-dealkylation sites (tertiary alicyclic amines) is 1. The number of alkyl halides is 3. The zero-order chi connectivity index (χ0) is 34.8. The topological polar surface area (TPSA) is 108 Å². The van der Waals surface area contributed by atoms with E-state index >= 15 is 4.39 Å². The predicted molar refractivity (Wildman–Crippen MR) is 168 cm³/mol. The quantitative estimate of drug-likeness (QED) is 0.241. The molecule has 5 fully saturated rings. The van der Waals surface area contributed by atoms with E-state index in [9.17, 15) is 37.1 Å². The molecular weight excluding hydrogens is 649 g/mol. The number of nitrogens with one attached hydrogen (secondary N) is 2. The van der Waals surface area contributed by atoms with Crippen LogP contribution >= 0.6 is 0 Å². The fraction of sp³-hybridized carbons (Fsp3) is 0.528. The molecule has 2 bridgehead atoms. The van der Waals surface area contributed by atoms with E-state index in [-0.39, 0.29) is 45.9 Å². The second-order valence-corrected chi connectivity index (χ2v) is 14.5. The van der Waals surface area contributed by atoms with Crippen LogP contribution in [0.3, 0.4) is 0 Å². The number of hydrogen-bond acceptors (Lipinski definition) is 5. The summed E-state index contributed by atoms with van der Waals surface area (Å²) in [6.45, 7) is 0.850.